The predicted molar refractivity (Wildman–Crippen MR) is 110 cm³/mol. The minimum atomic E-state index is -0.852. The van der Waals surface area contributed by atoms with E-state index >= 15 is 0 Å². The van der Waals surface area contributed by atoms with Gasteiger partial charge in [-0.1, -0.05) is 24.3 Å². The van der Waals surface area contributed by atoms with Gasteiger partial charge in [0, 0.05) is 42.3 Å². The molecule has 0 bridgehead atoms. The molecular weight excluding hydrogens is 388 g/mol. The van der Waals surface area contributed by atoms with Crippen LogP contribution in [0.5, 0.6) is 0 Å². The number of rotatable bonds is 5. The third-order valence-electron chi connectivity index (χ3n) is 5.64. The number of para-hydroxylation sites is 1. The van der Waals surface area contributed by atoms with Crippen molar-refractivity contribution in [3.05, 3.63) is 70.9 Å². The number of H-pyrrole nitrogens is 1. The van der Waals surface area contributed by atoms with Crippen molar-refractivity contribution in [3.63, 3.8) is 0 Å². The van der Waals surface area contributed by atoms with Crippen molar-refractivity contribution in [2.24, 2.45) is 0 Å². The number of ketones is 1. The van der Waals surface area contributed by atoms with Gasteiger partial charge in [0.15, 0.2) is 11.6 Å². The fourth-order valence-electron chi connectivity index (χ4n) is 4.07. The summed E-state index contributed by atoms with van der Waals surface area (Å²) >= 11 is 0. The van der Waals surface area contributed by atoms with Gasteiger partial charge in [-0.25, -0.2) is 8.78 Å². The van der Waals surface area contributed by atoms with Crippen LogP contribution in [0.3, 0.4) is 0 Å². The molecule has 1 aromatic heterocycles. The van der Waals surface area contributed by atoms with Gasteiger partial charge in [0.05, 0.1) is 5.56 Å². The molecule has 5 nitrogen and oxygen atoms in total. The number of fused-ring (bicyclic) bond motifs is 1. The highest BCUT2D eigenvalue weighted by Gasteiger charge is 2.27. The molecule has 0 atom stereocenters. The van der Waals surface area contributed by atoms with Crippen LogP contribution in [0.25, 0.3) is 10.9 Å². The number of piperidine rings is 1. The Balaban J connectivity index is 1.34. The number of nitrogens with zero attached hydrogens (tertiary/aromatic N) is 1. The quantitative estimate of drug-likeness (QED) is 0.497. The Morgan fingerprint density at radius 2 is 1.83 bits per heavy atom. The van der Waals surface area contributed by atoms with Crippen LogP contribution >= 0.6 is 0 Å². The molecule has 7 heteroatoms. The average molecular weight is 411 g/mol. The predicted octanol–water partition coefficient (Wildman–Crippen LogP) is 3.72. The Morgan fingerprint density at radius 3 is 2.57 bits per heavy atom. The van der Waals surface area contributed by atoms with Crippen LogP contribution in [-0.4, -0.2) is 40.7 Å². The fraction of sp³-hybridized carbons (Fsp3) is 0.304. The summed E-state index contributed by atoms with van der Waals surface area (Å²) in [5, 5.41) is 3.61. The average Bonchev–Trinajstić information content (AvgIpc) is 3.07. The van der Waals surface area contributed by atoms with Crippen LogP contribution in [0.4, 0.5) is 8.78 Å². The van der Waals surface area contributed by atoms with E-state index < -0.39 is 23.3 Å². The van der Waals surface area contributed by atoms with Gasteiger partial charge in [-0.15, -0.1) is 0 Å². The van der Waals surface area contributed by atoms with E-state index in [2.05, 4.69) is 15.2 Å². The molecule has 2 N–H and O–H groups in total. The smallest absolute Gasteiger partial charge is 0.292 e. The van der Waals surface area contributed by atoms with Crippen molar-refractivity contribution in [1.29, 1.82) is 0 Å². The molecule has 0 saturated carbocycles. The van der Waals surface area contributed by atoms with Crippen molar-refractivity contribution in [1.82, 2.24) is 15.2 Å². The first-order chi connectivity index (χ1) is 14.4. The Bertz CT molecular complexity index is 1100. The largest absolute Gasteiger partial charge is 0.358 e. The number of carbonyl (C=O) groups is 2. The highest BCUT2D eigenvalue weighted by molar-refractivity contribution is 6.45. The number of aromatic amines is 1. The summed E-state index contributed by atoms with van der Waals surface area (Å²) in [7, 11) is 0. The van der Waals surface area contributed by atoms with E-state index in [1.807, 2.05) is 24.3 Å². The molecule has 3 aromatic rings. The number of hydrogen-bond donors (Lipinski definition) is 2. The SMILES string of the molecule is Cc1[nH]c2ccccc2c1C(=O)C(=O)NC1CCN(Cc2ccc(F)c(F)c2)CC1. The van der Waals surface area contributed by atoms with Gasteiger partial charge in [-0.2, -0.15) is 0 Å². The van der Waals surface area contributed by atoms with E-state index in [1.165, 1.54) is 6.07 Å². The first-order valence-corrected chi connectivity index (χ1v) is 10.0. The van der Waals surface area contributed by atoms with E-state index in [1.54, 1.807) is 13.0 Å². The number of benzene rings is 2. The number of likely N-dealkylation sites (tertiary alicyclic amines) is 1. The van der Waals surface area contributed by atoms with Gasteiger partial charge in [0.25, 0.3) is 11.7 Å². The summed E-state index contributed by atoms with van der Waals surface area (Å²) in [4.78, 5) is 30.6. The van der Waals surface area contributed by atoms with Crippen LogP contribution < -0.4 is 5.32 Å². The Hall–Kier alpha value is -3.06. The molecule has 0 radical (unpaired) electrons. The number of nitrogens with one attached hydrogen (secondary N) is 2. The molecular formula is C23H23F2N3O2. The Morgan fingerprint density at radius 1 is 1.10 bits per heavy atom. The highest BCUT2D eigenvalue weighted by atomic mass is 19.2. The van der Waals surface area contributed by atoms with E-state index in [0.717, 1.165) is 17.0 Å². The zero-order chi connectivity index (χ0) is 21.3. The molecule has 4 rings (SSSR count). The lowest BCUT2D eigenvalue weighted by molar-refractivity contribution is -0.118. The van der Waals surface area contributed by atoms with E-state index in [4.69, 9.17) is 0 Å². The summed E-state index contributed by atoms with van der Waals surface area (Å²) in [5.41, 5.74) is 2.63. The van der Waals surface area contributed by atoms with Crippen molar-refractivity contribution in [2.45, 2.75) is 32.4 Å². The number of hydrogen-bond acceptors (Lipinski definition) is 3. The van der Waals surface area contributed by atoms with E-state index in [0.29, 0.717) is 49.3 Å². The fourth-order valence-corrected chi connectivity index (χ4v) is 4.07. The number of aryl methyl sites for hydroxylation is 1. The molecule has 1 aliphatic heterocycles. The molecule has 1 amide bonds. The van der Waals surface area contributed by atoms with Crippen LogP contribution in [0, 0.1) is 18.6 Å². The standard InChI is InChI=1S/C23H23F2N3O2/c1-14-21(17-4-2-3-5-20(17)26-14)22(29)23(30)27-16-8-10-28(11-9-16)13-15-6-7-18(24)19(25)12-15/h2-7,12,16,26H,8-11,13H2,1H3,(H,27,30). The molecule has 0 spiro atoms. The molecule has 30 heavy (non-hydrogen) atoms. The number of halogens is 2. The molecule has 0 unspecified atom stereocenters. The summed E-state index contributed by atoms with van der Waals surface area (Å²) in [5.74, 6) is -2.83. The maximum absolute atomic E-state index is 13.4. The number of amides is 1. The van der Waals surface area contributed by atoms with Crippen molar-refractivity contribution in [2.75, 3.05) is 13.1 Å². The normalized spacial score (nSPS) is 15.4. The summed E-state index contributed by atoms with van der Waals surface area (Å²) in [6.07, 6.45) is 1.38. The summed E-state index contributed by atoms with van der Waals surface area (Å²) in [6, 6.07) is 11.3. The number of Topliss-reactive ketones (excluding diaryl/α,β-unsaturated/α-hetero) is 1. The van der Waals surface area contributed by atoms with E-state index in [9.17, 15) is 18.4 Å². The lowest BCUT2D eigenvalue weighted by Gasteiger charge is -2.32. The highest BCUT2D eigenvalue weighted by Crippen LogP contribution is 2.23. The lowest BCUT2D eigenvalue weighted by Crippen LogP contribution is -2.46. The minimum Gasteiger partial charge on any atom is -0.358 e. The lowest BCUT2D eigenvalue weighted by atomic mass is 10.0. The summed E-state index contributed by atoms with van der Waals surface area (Å²) in [6.45, 7) is 3.71. The molecule has 0 aliphatic carbocycles. The van der Waals surface area contributed by atoms with Gasteiger partial charge in [0.2, 0.25) is 0 Å². The number of carbonyl (C=O) groups excluding carboxylic acids is 2. The van der Waals surface area contributed by atoms with Gasteiger partial charge >= 0.3 is 0 Å². The minimum absolute atomic E-state index is 0.0897. The number of aromatic nitrogens is 1. The maximum Gasteiger partial charge on any atom is 0.292 e. The zero-order valence-electron chi connectivity index (χ0n) is 16.7. The second-order valence-electron chi connectivity index (χ2n) is 7.77. The van der Waals surface area contributed by atoms with Gasteiger partial charge in [-0.3, -0.25) is 14.5 Å². The molecule has 1 aliphatic rings. The van der Waals surface area contributed by atoms with Crippen molar-refractivity contribution < 1.29 is 18.4 Å². The third-order valence-corrected chi connectivity index (χ3v) is 5.64. The Kier molecular flexibility index (Phi) is 5.63. The van der Waals surface area contributed by atoms with Crippen molar-refractivity contribution in [3.8, 4) is 0 Å². The second-order valence-corrected chi connectivity index (χ2v) is 7.77. The van der Waals surface area contributed by atoms with Gasteiger partial charge < -0.3 is 10.3 Å². The van der Waals surface area contributed by atoms with Crippen molar-refractivity contribution >= 4 is 22.6 Å². The second kappa shape index (κ2) is 8.36. The molecule has 2 heterocycles. The van der Waals surface area contributed by atoms with Gasteiger partial charge in [0.1, 0.15) is 0 Å². The zero-order valence-corrected chi connectivity index (χ0v) is 16.7. The molecule has 1 saturated heterocycles. The van der Waals surface area contributed by atoms with E-state index in [-0.39, 0.29) is 6.04 Å². The van der Waals surface area contributed by atoms with Crippen LogP contribution in [0.2, 0.25) is 0 Å². The first kappa shape index (κ1) is 20.2. The molecule has 2 aromatic carbocycles. The topological polar surface area (TPSA) is 65.2 Å². The Labute approximate surface area is 173 Å². The van der Waals surface area contributed by atoms with Crippen LogP contribution in [-0.2, 0) is 11.3 Å². The first-order valence-electron chi connectivity index (χ1n) is 10.0. The van der Waals surface area contributed by atoms with Crippen LogP contribution in [0.1, 0.15) is 34.5 Å². The summed E-state index contributed by atoms with van der Waals surface area (Å²) < 4.78 is 26.5. The monoisotopic (exact) mass is 411 g/mol. The van der Waals surface area contributed by atoms with Gasteiger partial charge in [-0.05, 0) is 43.5 Å². The van der Waals surface area contributed by atoms with Crippen LogP contribution in [0.15, 0.2) is 42.5 Å². The maximum atomic E-state index is 13.4. The molecule has 156 valence electrons. The third kappa shape index (κ3) is 4.11. The molecule has 1 fully saturated rings.